The van der Waals surface area contributed by atoms with Crippen LogP contribution in [0.25, 0.3) is 0 Å². The van der Waals surface area contributed by atoms with E-state index in [4.69, 9.17) is 0 Å². The Kier molecular flexibility index (Phi) is 4.79. The Labute approximate surface area is 92.7 Å². The zero-order valence-electron chi connectivity index (χ0n) is 9.78. The van der Waals surface area contributed by atoms with Gasteiger partial charge < -0.3 is 9.85 Å². The molecule has 0 radical (unpaired) electrons. The molecule has 1 aromatic rings. The molecule has 0 N–H and O–H groups in total. The second-order valence-corrected chi connectivity index (χ2v) is 4.18. The lowest BCUT2D eigenvalue weighted by atomic mass is 10.2. The van der Waals surface area contributed by atoms with E-state index in [1.807, 2.05) is 25.1 Å². The third-order valence-corrected chi connectivity index (χ3v) is 2.90. The molecular formula is C13H21NO. The Morgan fingerprint density at radius 3 is 1.93 bits per heavy atom. The van der Waals surface area contributed by atoms with Gasteiger partial charge in [0, 0.05) is 12.8 Å². The Morgan fingerprint density at radius 2 is 1.67 bits per heavy atom. The quantitative estimate of drug-likeness (QED) is 0.512. The summed E-state index contributed by atoms with van der Waals surface area (Å²) >= 11 is 0. The van der Waals surface area contributed by atoms with Gasteiger partial charge >= 0.3 is 0 Å². The van der Waals surface area contributed by atoms with Crippen molar-refractivity contribution in [2.24, 2.45) is 0 Å². The maximum absolute atomic E-state index is 11.2. The summed E-state index contributed by atoms with van der Waals surface area (Å²) in [5, 5.41) is 11.2. The molecule has 1 heterocycles. The number of likely N-dealkylation sites (tertiary alicyclic amines) is 1. The SMILES string of the molecule is CC[N+]1([O-])CCCC1.Cc1ccccc1. The van der Waals surface area contributed by atoms with Crippen molar-refractivity contribution < 1.29 is 4.65 Å². The van der Waals surface area contributed by atoms with E-state index in [0.717, 1.165) is 32.5 Å². The Bertz CT molecular complexity index is 265. The number of rotatable bonds is 1. The van der Waals surface area contributed by atoms with Gasteiger partial charge in [0.25, 0.3) is 0 Å². The normalized spacial score (nSPS) is 18.1. The number of nitrogens with zero attached hydrogens (tertiary/aromatic N) is 1. The highest BCUT2D eigenvalue weighted by Gasteiger charge is 2.19. The first-order chi connectivity index (χ1) is 7.16. The van der Waals surface area contributed by atoms with Gasteiger partial charge in [-0.15, -0.1) is 0 Å². The van der Waals surface area contributed by atoms with E-state index < -0.39 is 0 Å². The minimum atomic E-state index is 0.0694. The van der Waals surface area contributed by atoms with E-state index in [1.165, 1.54) is 5.56 Å². The lowest BCUT2D eigenvalue weighted by molar-refractivity contribution is -0.866. The van der Waals surface area contributed by atoms with Crippen molar-refractivity contribution in [1.82, 2.24) is 0 Å². The van der Waals surface area contributed by atoms with Crippen molar-refractivity contribution in [3.63, 3.8) is 0 Å². The van der Waals surface area contributed by atoms with Gasteiger partial charge in [-0.2, -0.15) is 0 Å². The topological polar surface area (TPSA) is 23.1 Å². The molecule has 1 aliphatic rings. The summed E-state index contributed by atoms with van der Waals surface area (Å²) in [7, 11) is 0. The summed E-state index contributed by atoms with van der Waals surface area (Å²) in [4.78, 5) is 0. The Morgan fingerprint density at radius 1 is 1.13 bits per heavy atom. The second-order valence-electron chi connectivity index (χ2n) is 4.18. The predicted octanol–water partition coefficient (Wildman–Crippen LogP) is 3.11. The molecule has 0 unspecified atom stereocenters. The minimum Gasteiger partial charge on any atom is -0.633 e. The average Bonchev–Trinajstić information content (AvgIpc) is 2.68. The van der Waals surface area contributed by atoms with E-state index in [-0.39, 0.29) is 4.65 Å². The second kappa shape index (κ2) is 5.89. The van der Waals surface area contributed by atoms with Crippen molar-refractivity contribution in [1.29, 1.82) is 0 Å². The third-order valence-electron chi connectivity index (χ3n) is 2.90. The van der Waals surface area contributed by atoms with E-state index in [2.05, 4.69) is 19.1 Å². The molecule has 0 bridgehead atoms. The molecule has 1 fully saturated rings. The molecular weight excluding hydrogens is 186 g/mol. The maximum atomic E-state index is 11.2. The number of hydroxylamine groups is 3. The molecule has 0 aromatic heterocycles. The fraction of sp³-hybridized carbons (Fsp3) is 0.538. The fourth-order valence-corrected chi connectivity index (χ4v) is 1.76. The maximum Gasteiger partial charge on any atom is 0.0786 e. The molecule has 1 saturated heterocycles. The molecule has 0 amide bonds. The van der Waals surface area contributed by atoms with Crippen LogP contribution in [0.4, 0.5) is 0 Å². The van der Waals surface area contributed by atoms with E-state index >= 15 is 0 Å². The molecule has 2 heteroatoms. The fourth-order valence-electron chi connectivity index (χ4n) is 1.76. The summed E-state index contributed by atoms with van der Waals surface area (Å²) in [6, 6.07) is 10.3. The van der Waals surface area contributed by atoms with Gasteiger partial charge in [0.05, 0.1) is 19.6 Å². The van der Waals surface area contributed by atoms with Crippen LogP contribution in [0.2, 0.25) is 0 Å². The standard InChI is InChI=1S/C7H8.C6H13NO/c1-7-5-3-2-4-6-7;1-2-7(8)5-3-4-6-7/h2-6H,1H3;2-6H2,1H3. The predicted molar refractivity (Wildman–Crippen MR) is 64.3 cm³/mol. The van der Waals surface area contributed by atoms with Gasteiger partial charge in [-0.3, -0.25) is 0 Å². The zero-order valence-corrected chi connectivity index (χ0v) is 9.78. The van der Waals surface area contributed by atoms with Gasteiger partial charge in [0.15, 0.2) is 0 Å². The lowest BCUT2D eigenvalue weighted by Gasteiger charge is -2.36. The molecule has 0 aliphatic carbocycles. The first-order valence-electron chi connectivity index (χ1n) is 5.75. The van der Waals surface area contributed by atoms with Crippen LogP contribution in [0.1, 0.15) is 25.3 Å². The highest BCUT2D eigenvalue weighted by atomic mass is 16.5. The summed E-state index contributed by atoms with van der Waals surface area (Å²) in [5.74, 6) is 0. The third kappa shape index (κ3) is 4.45. The number of aryl methyl sites for hydroxylation is 1. The smallest absolute Gasteiger partial charge is 0.0786 e. The first-order valence-corrected chi connectivity index (χ1v) is 5.75. The molecule has 0 atom stereocenters. The monoisotopic (exact) mass is 207 g/mol. The molecule has 84 valence electrons. The number of quaternary nitrogens is 1. The van der Waals surface area contributed by atoms with E-state index in [0.29, 0.717) is 0 Å². The van der Waals surface area contributed by atoms with Crippen LogP contribution >= 0.6 is 0 Å². The summed E-state index contributed by atoms with van der Waals surface area (Å²) in [5.41, 5.74) is 1.32. The Balaban J connectivity index is 0.000000151. The van der Waals surface area contributed by atoms with E-state index in [9.17, 15) is 5.21 Å². The average molecular weight is 207 g/mol. The largest absolute Gasteiger partial charge is 0.633 e. The lowest BCUT2D eigenvalue weighted by Crippen LogP contribution is -2.38. The Hall–Kier alpha value is -0.860. The summed E-state index contributed by atoms with van der Waals surface area (Å²) in [6.07, 6.45) is 2.27. The number of benzene rings is 1. The van der Waals surface area contributed by atoms with E-state index in [1.54, 1.807) is 0 Å². The molecule has 15 heavy (non-hydrogen) atoms. The molecule has 0 saturated carbocycles. The van der Waals surface area contributed by atoms with Crippen LogP contribution in [-0.2, 0) is 0 Å². The van der Waals surface area contributed by atoms with Gasteiger partial charge in [-0.05, 0) is 13.8 Å². The molecule has 2 rings (SSSR count). The van der Waals surface area contributed by atoms with Crippen LogP contribution in [0, 0.1) is 12.1 Å². The number of hydrogen-bond acceptors (Lipinski definition) is 1. The summed E-state index contributed by atoms with van der Waals surface area (Å²) in [6.45, 7) is 6.53. The molecule has 1 aromatic carbocycles. The van der Waals surface area contributed by atoms with Crippen molar-refractivity contribution in [3.8, 4) is 0 Å². The van der Waals surface area contributed by atoms with Crippen LogP contribution in [0.3, 0.4) is 0 Å². The molecule has 2 nitrogen and oxygen atoms in total. The van der Waals surface area contributed by atoms with Gasteiger partial charge in [0.1, 0.15) is 0 Å². The van der Waals surface area contributed by atoms with Gasteiger partial charge in [-0.1, -0.05) is 35.9 Å². The molecule has 0 spiro atoms. The van der Waals surface area contributed by atoms with Crippen LogP contribution in [0.15, 0.2) is 30.3 Å². The van der Waals surface area contributed by atoms with Crippen molar-refractivity contribution in [3.05, 3.63) is 41.1 Å². The van der Waals surface area contributed by atoms with Crippen LogP contribution in [-0.4, -0.2) is 24.3 Å². The van der Waals surface area contributed by atoms with Crippen LogP contribution < -0.4 is 0 Å². The van der Waals surface area contributed by atoms with Gasteiger partial charge in [0.2, 0.25) is 0 Å². The van der Waals surface area contributed by atoms with Gasteiger partial charge in [-0.25, -0.2) is 0 Å². The van der Waals surface area contributed by atoms with Crippen LogP contribution in [0.5, 0.6) is 0 Å². The first kappa shape index (κ1) is 12.2. The highest BCUT2D eigenvalue weighted by molar-refractivity contribution is 5.11. The zero-order chi connectivity index (χ0) is 11.1. The van der Waals surface area contributed by atoms with Crippen molar-refractivity contribution in [2.45, 2.75) is 26.7 Å². The summed E-state index contributed by atoms with van der Waals surface area (Å²) < 4.78 is 0.0694. The van der Waals surface area contributed by atoms with Crippen molar-refractivity contribution in [2.75, 3.05) is 19.6 Å². The van der Waals surface area contributed by atoms with Crippen molar-refractivity contribution >= 4 is 0 Å². The molecule has 1 aliphatic heterocycles. The number of hydrogen-bond donors (Lipinski definition) is 0. The minimum absolute atomic E-state index is 0.0694. The highest BCUT2D eigenvalue weighted by Crippen LogP contribution is 2.15.